The van der Waals surface area contributed by atoms with Crippen LogP contribution in [0.1, 0.15) is 0 Å². The molecular formula is C18H12ClNO. The largest absolute Gasteiger partial charge is 0.507 e. The second-order valence-corrected chi connectivity index (χ2v) is 5.45. The van der Waals surface area contributed by atoms with E-state index in [0.717, 1.165) is 32.8 Å². The van der Waals surface area contributed by atoms with Crippen molar-refractivity contribution >= 4 is 33.3 Å². The maximum absolute atomic E-state index is 10.4. The van der Waals surface area contributed by atoms with E-state index in [9.17, 15) is 5.11 Å². The Morgan fingerprint density at radius 1 is 0.905 bits per heavy atom. The van der Waals surface area contributed by atoms with Crippen LogP contribution >= 0.6 is 11.6 Å². The van der Waals surface area contributed by atoms with E-state index in [2.05, 4.69) is 4.98 Å². The number of nitrogens with one attached hydrogen (secondary N) is 1. The summed E-state index contributed by atoms with van der Waals surface area (Å²) in [6.07, 6.45) is 1.90. The molecule has 0 radical (unpaired) electrons. The van der Waals surface area contributed by atoms with Crippen molar-refractivity contribution in [3.05, 3.63) is 65.8 Å². The number of hydrogen-bond acceptors (Lipinski definition) is 1. The zero-order valence-corrected chi connectivity index (χ0v) is 11.9. The summed E-state index contributed by atoms with van der Waals surface area (Å²) in [6.45, 7) is 0. The van der Waals surface area contributed by atoms with Gasteiger partial charge in [0.15, 0.2) is 0 Å². The third-order valence-electron chi connectivity index (χ3n) is 3.83. The Morgan fingerprint density at radius 2 is 1.76 bits per heavy atom. The Kier molecular flexibility index (Phi) is 2.66. The monoisotopic (exact) mass is 293 g/mol. The van der Waals surface area contributed by atoms with Crippen molar-refractivity contribution in [3.8, 4) is 16.9 Å². The Labute approximate surface area is 126 Å². The van der Waals surface area contributed by atoms with Gasteiger partial charge in [0.05, 0.1) is 5.02 Å². The van der Waals surface area contributed by atoms with Gasteiger partial charge in [0.1, 0.15) is 5.75 Å². The third kappa shape index (κ3) is 1.80. The van der Waals surface area contributed by atoms with E-state index >= 15 is 0 Å². The second-order valence-electron chi connectivity index (χ2n) is 5.05. The lowest BCUT2D eigenvalue weighted by Gasteiger charge is -2.09. The molecule has 2 N–H and O–H groups in total. The van der Waals surface area contributed by atoms with Crippen molar-refractivity contribution in [2.45, 2.75) is 0 Å². The van der Waals surface area contributed by atoms with Gasteiger partial charge in [0, 0.05) is 28.2 Å². The molecule has 4 aromatic rings. The highest BCUT2D eigenvalue weighted by molar-refractivity contribution is 6.36. The number of halogens is 1. The van der Waals surface area contributed by atoms with E-state index in [-0.39, 0.29) is 5.75 Å². The molecule has 0 amide bonds. The van der Waals surface area contributed by atoms with Gasteiger partial charge in [-0.05, 0) is 29.0 Å². The molecule has 102 valence electrons. The summed E-state index contributed by atoms with van der Waals surface area (Å²) in [5.74, 6) is 0.259. The number of aromatic nitrogens is 1. The average molecular weight is 294 g/mol. The minimum absolute atomic E-state index is 0.259. The van der Waals surface area contributed by atoms with Gasteiger partial charge in [-0.2, -0.15) is 0 Å². The van der Waals surface area contributed by atoms with Gasteiger partial charge in [-0.15, -0.1) is 0 Å². The van der Waals surface area contributed by atoms with Crippen LogP contribution in [0.15, 0.2) is 60.8 Å². The summed E-state index contributed by atoms with van der Waals surface area (Å²) >= 11 is 6.36. The second kappa shape index (κ2) is 4.54. The van der Waals surface area contributed by atoms with Crippen LogP contribution in [0.25, 0.3) is 32.8 Å². The fourth-order valence-electron chi connectivity index (χ4n) is 2.88. The van der Waals surface area contributed by atoms with E-state index in [1.165, 1.54) is 0 Å². The summed E-state index contributed by atoms with van der Waals surface area (Å²) in [6, 6.07) is 17.4. The van der Waals surface area contributed by atoms with Crippen LogP contribution in [0.2, 0.25) is 5.02 Å². The molecule has 21 heavy (non-hydrogen) atoms. The molecule has 0 unspecified atom stereocenters. The molecule has 4 rings (SSSR count). The number of benzene rings is 3. The molecule has 1 heterocycles. The fraction of sp³-hybridized carbons (Fsp3) is 0. The first kappa shape index (κ1) is 12.3. The van der Waals surface area contributed by atoms with Crippen LogP contribution in [0, 0.1) is 0 Å². The summed E-state index contributed by atoms with van der Waals surface area (Å²) in [4.78, 5) is 3.22. The highest BCUT2D eigenvalue weighted by Gasteiger charge is 2.15. The highest BCUT2D eigenvalue weighted by atomic mass is 35.5. The fourth-order valence-corrected chi connectivity index (χ4v) is 3.16. The predicted molar refractivity (Wildman–Crippen MR) is 87.9 cm³/mol. The first-order valence-electron chi connectivity index (χ1n) is 6.72. The van der Waals surface area contributed by atoms with Crippen molar-refractivity contribution in [3.63, 3.8) is 0 Å². The number of aromatic amines is 1. The van der Waals surface area contributed by atoms with Crippen molar-refractivity contribution in [2.24, 2.45) is 0 Å². The molecular weight excluding hydrogens is 282 g/mol. The van der Waals surface area contributed by atoms with E-state index in [1.54, 1.807) is 6.07 Å². The van der Waals surface area contributed by atoms with E-state index in [0.29, 0.717) is 5.02 Å². The summed E-state index contributed by atoms with van der Waals surface area (Å²) in [7, 11) is 0. The maximum Gasteiger partial charge on any atom is 0.124 e. The molecule has 0 aliphatic heterocycles. The van der Waals surface area contributed by atoms with Crippen LogP contribution in [0.4, 0.5) is 0 Å². The number of aromatic hydroxyl groups is 1. The molecule has 0 spiro atoms. The van der Waals surface area contributed by atoms with Gasteiger partial charge in [0.2, 0.25) is 0 Å². The Morgan fingerprint density at radius 3 is 2.67 bits per heavy atom. The summed E-state index contributed by atoms with van der Waals surface area (Å²) in [5, 5.41) is 14.1. The molecule has 3 heteroatoms. The summed E-state index contributed by atoms with van der Waals surface area (Å²) < 4.78 is 0. The number of phenols is 1. The lowest BCUT2D eigenvalue weighted by molar-refractivity contribution is 0.478. The summed E-state index contributed by atoms with van der Waals surface area (Å²) in [5.41, 5.74) is 2.70. The van der Waals surface area contributed by atoms with Crippen LogP contribution in [0.3, 0.4) is 0 Å². The van der Waals surface area contributed by atoms with Gasteiger partial charge >= 0.3 is 0 Å². The van der Waals surface area contributed by atoms with Gasteiger partial charge in [-0.3, -0.25) is 0 Å². The number of phenolic OH excluding ortho intramolecular Hbond substituents is 1. The van der Waals surface area contributed by atoms with E-state index in [4.69, 9.17) is 11.6 Å². The molecule has 0 fully saturated rings. The highest BCUT2D eigenvalue weighted by Crippen LogP contribution is 2.41. The predicted octanol–water partition coefficient (Wildman–Crippen LogP) is 5.35. The minimum atomic E-state index is 0.259. The van der Waals surface area contributed by atoms with Crippen LogP contribution in [0.5, 0.6) is 5.75 Å². The molecule has 1 aromatic heterocycles. The SMILES string of the molecule is Oc1ccc2ccccc2c1-c1c[nH]c2cccc(Cl)c12. The Bertz CT molecular complexity index is 971. The topological polar surface area (TPSA) is 36.0 Å². The van der Waals surface area contributed by atoms with Crippen molar-refractivity contribution in [2.75, 3.05) is 0 Å². The van der Waals surface area contributed by atoms with Gasteiger partial charge < -0.3 is 10.1 Å². The smallest absolute Gasteiger partial charge is 0.124 e. The van der Waals surface area contributed by atoms with Crippen molar-refractivity contribution in [1.82, 2.24) is 4.98 Å². The van der Waals surface area contributed by atoms with E-state index in [1.807, 2.05) is 54.7 Å². The quantitative estimate of drug-likeness (QED) is 0.488. The van der Waals surface area contributed by atoms with Crippen LogP contribution in [-0.4, -0.2) is 10.1 Å². The van der Waals surface area contributed by atoms with Gasteiger partial charge in [-0.25, -0.2) is 0 Å². The molecule has 2 nitrogen and oxygen atoms in total. The van der Waals surface area contributed by atoms with Gasteiger partial charge in [0.25, 0.3) is 0 Å². The molecule has 0 aliphatic rings. The number of fused-ring (bicyclic) bond motifs is 2. The molecule has 0 aliphatic carbocycles. The normalized spacial score (nSPS) is 11.3. The number of H-pyrrole nitrogens is 1. The average Bonchev–Trinajstić information content (AvgIpc) is 2.92. The first-order chi connectivity index (χ1) is 10.3. The molecule has 0 bridgehead atoms. The Hall–Kier alpha value is -2.45. The number of rotatable bonds is 1. The standard InChI is InChI=1S/C18H12ClNO/c19-14-6-3-7-15-18(14)13(10-20-15)17-12-5-2-1-4-11(12)8-9-16(17)21/h1-10,20-21H. The van der Waals surface area contributed by atoms with Crippen LogP contribution < -0.4 is 0 Å². The number of hydrogen-bond donors (Lipinski definition) is 2. The minimum Gasteiger partial charge on any atom is -0.507 e. The van der Waals surface area contributed by atoms with Crippen molar-refractivity contribution < 1.29 is 5.11 Å². The van der Waals surface area contributed by atoms with Gasteiger partial charge in [-0.1, -0.05) is 48.0 Å². The van der Waals surface area contributed by atoms with Crippen LogP contribution in [-0.2, 0) is 0 Å². The molecule has 0 saturated carbocycles. The first-order valence-corrected chi connectivity index (χ1v) is 7.10. The molecule has 0 saturated heterocycles. The zero-order valence-electron chi connectivity index (χ0n) is 11.1. The Balaban J connectivity index is 2.16. The molecule has 3 aromatic carbocycles. The molecule has 0 atom stereocenters. The van der Waals surface area contributed by atoms with E-state index < -0.39 is 0 Å². The van der Waals surface area contributed by atoms with Crippen molar-refractivity contribution in [1.29, 1.82) is 0 Å². The lowest BCUT2D eigenvalue weighted by atomic mass is 9.97. The maximum atomic E-state index is 10.4. The lowest BCUT2D eigenvalue weighted by Crippen LogP contribution is -1.82. The third-order valence-corrected chi connectivity index (χ3v) is 4.15. The zero-order chi connectivity index (χ0) is 14.4.